The van der Waals surface area contributed by atoms with E-state index < -0.39 is 17.7 Å². The van der Waals surface area contributed by atoms with Crippen molar-refractivity contribution < 1.29 is 13.5 Å². The summed E-state index contributed by atoms with van der Waals surface area (Å²) in [5, 5.41) is 2.98. The molecule has 1 heterocycles. The minimum Gasteiger partial charge on any atom is -0.497 e. The lowest BCUT2D eigenvalue weighted by Gasteiger charge is -2.17. The molecule has 2 rings (SSSR count). The van der Waals surface area contributed by atoms with Gasteiger partial charge in [0.05, 0.1) is 13.2 Å². The van der Waals surface area contributed by atoms with Crippen molar-refractivity contribution in [3.8, 4) is 5.75 Å². The lowest BCUT2D eigenvalue weighted by molar-refractivity contribution is 0.403. The first-order valence-corrected chi connectivity index (χ1v) is 7.21. The number of hydrogen-bond donors (Lipinski definition) is 1. The molecule has 0 aliphatic rings. The highest BCUT2D eigenvalue weighted by Crippen LogP contribution is 2.33. The minimum absolute atomic E-state index is 0.0257. The van der Waals surface area contributed by atoms with E-state index in [1.165, 1.54) is 24.1 Å². The van der Waals surface area contributed by atoms with Gasteiger partial charge in [-0.25, -0.2) is 8.78 Å². The third-order valence-electron chi connectivity index (χ3n) is 3.18. The van der Waals surface area contributed by atoms with Gasteiger partial charge in [0.2, 0.25) is 0 Å². The quantitative estimate of drug-likeness (QED) is 0.903. The maximum absolute atomic E-state index is 14.2. The van der Waals surface area contributed by atoms with E-state index in [9.17, 15) is 8.78 Å². The van der Waals surface area contributed by atoms with E-state index in [2.05, 4.69) is 12.2 Å². The van der Waals surface area contributed by atoms with Crippen LogP contribution < -0.4 is 10.1 Å². The van der Waals surface area contributed by atoms with Crippen molar-refractivity contribution >= 4 is 11.3 Å². The van der Waals surface area contributed by atoms with Gasteiger partial charge in [-0.3, -0.25) is 0 Å². The number of hydrogen-bond acceptors (Lipinski definition) is 3. The van der Waals surface area contributed by atoms with Crippen LogP contribution in [0.2, 0.25) is 0 Å². The van der Waals surface area contributed by atoms with Crippen molar-refractivity contribution in [2.45, 2.75) is 19.4 Å². The Morgan fingerprint density at radius 2 is 1.90 bits per heavy atom. The zero-order valence-corrected chi connectivity index (χ0v) is 12.5. The topological polar surface area (TPSA) is 21.3 Å². The molecular weight excluding hydrogens is 280 g/mol. The van der Waals surface area contributed by atoms with E-state index in [-0.39, 0.29) is 11.3 Å². The van der Waals surface area contributed by atoms with Crippen LogP contribution in [0.15, 0.2) is 24.3 Å². The first-order chi connectivity index (χ1) is 9.60. The van der Waals surface area contributed by atoms with E-state index in [1.54, 1.807) is 18.4 Å². The van der Waals surface area contributed by atoms with E-state index in [0.29, 0.717) is 0 Å². The molecule has 0 amide bonds. The molecule has 1 N–H and O–H groups in total. The van der Waals surface area contributed by atoms with Crippen LogP contribution in [0.25, 0.3) is 0 Å². The van der Waals surface area contributed by atoms with E-state index >= 15 is 0 Å². The fourth-order valence-corrected chi connectivity index (χ4v) is 3.20. The van der Waals surface area contributed by atoms with Crippen LogP contribution >= 0.6 is 11.3 Å². The summed E-state index contributed by atoms with van der Waals surface area (Å²) in [5.74, 6) is -1.03. The molecule has 5 heteroatoms. The number of aryl methyl sites for hydroxylation is 1. The molecule has 0 aliphatic carbocycles. The van der Waals surface area contributed by atoms with Crippen molar-refractivity contribution in [3.05, 3.63) is 51.2 Å². The Morgan fingerprint density at radius 1 is 1.25 bits per heavy atom. The number of rotatable bonds is 5. The van der Waals surface area contributed by atoms with Crippen LogP contribution in [0, 0.1) is 11.6 Å². The molecule has 20 heavy (non-hydrogen) atoms. The van der Waals surface area contributed by atoms with E-state index in [4.69, 9.17) is 4.74 Å². The predicted molar refractivity (Wildman–Crippen MR) is 77.5 cm³/mol. The summed E-state index contributed by atoms with van der Waals surface area (Å²) in [6.45, 7) is 2.05. The minimum atomic E-state index is -0.604. The molecule has 1 atom stereocenters. The highest BCUT2D eigenvalue weighted by atomic mass is 32.1. The summed E-state index contributed by atoms with van der Waals surface area (Å²) in [4.78, 5) is 2.09. The van der Waals surface area contributed by atoms with E-state index in [1.807, 2.05) is 12.1 Å². The largest absolute Gasteiger partial charge is 0.497 e. The molecule has 0 aliphatic heterocycles. The Labute approximate surface area is 121 Å². The van der Waals surface area contributed by atoms with Gasteiger partial charge in [0.25, 0.3) is 0 Å². The Balaban J connectivity index is 2.46. The second-order valence-corrected chi connectivity index (χ2v) is 5.58. The second-order valence-electron chi connectivity index (χ2n) is 4.38. The summed E-state index contributed by atoms with van der Waals surface area (Å²) < 4.78 is 33.2. The molecule has 108 valence electrons. The first-order valence-electron chi connectivity index (χ1n) is 6.39. The zero-order chi connectivity index (χ0) is 14.7. The molecule has 1 aromatic carbocycles. The molecule has 2 aromatic rings. The lowest BCUT2D eigenvalue weighted by atomic mass is 10.0. The summed E-state index contributed by atoms with van der Waals surface area (Å²) in [7, 11) is 3.08. The van der Waals surface area contributed by atoms with Crippen molar-refractivity contribution in [3.63, 3.8) is 0 Å². The molecule has 0 fully saturated rings. The fraction of sp³-hybridized carbons (Fsp3) is 0.333. The van der Waals surface area contributed by atoms with Crippen molar-refractivity contribution in [2.24, 2.45) is 0 Å². The second kappa shape index (κ2) is 6.33. The number of benzene rings is 1. The highest BCUT2D eigenvalue weighted by Gasteiger charge is 2.23. The zero-order valence-electron chi connectivity index (χ0n) is 11.7. The average Bonchev–Trinajstić information content (AvgIpc) is 2.91. The molecule has 0 saturated heterocycles. The molecule has 0 radical (unpaired) electrons. The fourth-order valence-electron chi connectivity index (χ4n) is 2.12. The lowest BCUT2D eigenvalue weighted by Crippen LogP contribution is -2.19. The van der Waals surface area contributed by atoms with Crippen molar-refractivity contribution in [2.75, 3.05) is 14.2 Å². The van der Waals surface area contributed by atoms with Crippen LogP contribution in [-0.4, -0.2) is 14.2 Å². The van der Waals surface area contributed by atoms with Crippen molar-refractivity contribution in [1.82, 2.24) is 5.32 Å². The number of nitrogens with one attached hydrogen (secondary N) is 1. The monoisotopic (exact) mass is 297 g/mol. The van der Waals surface area contributed by atoms with Gasteiger partial charge in [0, 0.05) is 27.5 Å². The molecule has 2 nitrogen and oxygen atoms in total. The van der Waals surface area contributed by atoms with E-state index in [0.717, 1.165) is 11.3 Å². The van der Waals surface area contributed by atoms with Gasteiger partial charge in [-0.1, -0.05) is 6.92 Å². The summed E-state index contributed by atoms with van der Waals surface area (Å²) in [6, 6.07) is 5.82. The van der Waals surface area contributed by atoms with Gasteiger partial charge in [-0.2, -0.15) is 0 Å². The first kappa shape index (κ1) is 14.9. The van der Waals surface area contributed by atoms with Gasteiger partial charge in [0.1, 0.15) is 17.4 Å². The van der Waals surface area contributed by atoms with Crippen LogP contribution in [0.3, 0.4) is 0 Å². The van der Waals surface area contributed by atoms with Gasteiger partial charge in [-0.15, -0.1) is 11.3 Å². The third kappa shape index (κ3) is 2.83. The van der Waals surface area contributed by atoms with Crippen LogP contribution in [0.1, 0.15) is 28.3 Å². The Morgan fingerprint density at radius 3 is 2.35 bits per heavy atom. The predicted octanol–water partition coefficient (Wildman–Crippen LogP) is 3.91. The maximum Gasteiger partial charge on any atom is 0.134 e. The van der Waals surface area contributed by atoms with Gasteiger partial charge in [0.15, 0.2) is 0 Å². The summed E-state index contributed by atoms with van der Waals surface area (Å²) >= 11 is 1.56. The Hall–Kier alpha value is -1.46. The Kier molecular flexibility index (Phi) is 4.73. The molecule has 0 saturated carbocycles. The number of halogens is 2. The smallest absolute Gasteiger partial charge is 0.134 e. The van der Waals surface area contributed by atoms with Crippen molar-refractivity contribution in [1.29, 1.82) is 0 Å². The van der Waals surface area contributed by atoms with Gasteiger partial charge >= 0.3 is 0 Å². The molecular formula is C15H17F2NOS. The summed E-state index contributed by atoms with van der Waals surface area (Å²) in [6.07, 6.45) is 0.911. The summed E-state index contributed by atoms with van der Waals surface area (Å²) in [5.41, 5.74) is 0.0257. The van der Waals surface area contributed by atoms with Gasteiger partial charge < -0.3 is 10.1 Å². The number of thiophene rings is 1. The molecule has 0 bridgehead atoms. The number of methoxy groups -OCH3 is 1. The van der Waals surface area contributed by atoms with Crippen LogP contribution in [0.4, 0.5) is 8.78 Å². The number of ether oxygens (including phenoxy) is 1. The SMILES string of the molecule is CCc1ccc(C(NC)c2c(F)cc(OC)cc2F)s1. The van der Waals surface area contributed by atoms with Crippen LogP contribution in [-0.2, 0) is 6.42 Å². The Bertz CT molecular complexity index is 574. The third-order valence-corrected chi connectivity index (χ3v) is 4.48. The molecule has 1 unspecified atom stereocenters. The van der Waals surface area contributed by atoms with Gasteiger partial charge in [-0.05, 0) is 25.6 Å². The molecule has 0 spiro atoms. The highest BCUT2D eigenvalue weighted by molar-refractivity contribution is 7.12. The molecule has 1 aromatic heterocycles. The average molecular weight is 297 g/mol. The maximum atomic E-state index is 14.2. The normalized spacial score (nSPS) is 12.4. The standard InChI is InChI=1S/C15H17F2NOS/c1-4-10-5-6-13(20-10)15(18-2)14-11(16)7-9(19-3)8-12(14)17/h5-8,15,18H,4H2,1-3H3. The van der Waals surface area contributed by atoms with Crippen LogP contribution in [0.5, 0.6) is 5.75 Å².